The van der Waals surface area contributed by atoms with Crippen LogP contribution in [0.5, 0.6) is 0 Å². The van der Waals surface area contributed by atoms with E-state index in [0.717, 1.165) is 12.8 Å². The highest BCUT2D eigenvalue weighted by Crippen LogP contribution is 2.14. The fourth-order valence-electron chi connectivity index (χ4n) is 1.69. The third-order valence-corrected chi connectivity index (χ3v) is 2.67. The lowest BCUT2D eigenvalue weighted by molar-refractivity contribution is -0.124. The third kappa shape index (κ3) is 7.10. The molecule has 0 aliphatic heterocycles. The molecule has 21 heavy (non-hydrogen) atoms. The van der Waals surface area contributed by atoms with Crippen LogP contribution in [0.4, 0.5) is 11.4 Å². The molecule has 3 N–H and O–H groups in total. The zero-order valence-corrected chi connectivity index (χ0v) is 12.4. The number of anilines is 2. The van der Waals surface area contributed by atoms with Gasteiger partial charge < -0.3 is 16.0 Å². The summed E-state index contributed by atoms with van der Waals surface area (Å²) in [5, 5.41) is 7.86. The van der Waals surface area contributed by atoms with Gasteiger partial charge >= 0.3 is 0 Å². The second-order valence-electron chi connectivity index (χ2n) is 4.69. The molecule has 0 fully saturated rings. The first-order valence-corrected chi connectivity index (χ1v) is 6.95. The Balaban J connectivity index is 2.44. The quantitative estimate of drug-likeness (QED) is 0.717. The van der Waals surface area contributed by atoms with Crippen molar-refractivity contribution in [1.82, 2.24) is 5.32 Å². The summed E-state index contributed by atoms with van der Waals surface area (Å²) in [6.45, 7) is 3.35. The van der Waals surface area contributed by atoms with E-state index < -0.39 is 0 Å². The lowest BCUT2D eigenvalue weighted by Crippen LogP contribution is -2.32. The number of benzene rings is 1. The maximum atomic E-state index is 11.7. The number of carbonyl (C=O) groups excluding carboxylic acids is 3. The van der Waals surface area contributed by atoms with E-state index in [2.05, 4.69) is 16.0 Å². The molecule has 0 unspecified atom stereocenters. The minimum atomic E-state index is -0.306. The normalized spacial score (nSPS) is 9.81. The molecule has 1 aromatic rings. The lowest BCUT2D eigenvalue weighted by Gasteiger charge is -2.08. The Morgan fingerprint density at radius 1 is 1.05 bits per heavy atom. The Hall–Kier alpha value is -2.37. The molecule has 0 saturated heterocycles. The number of nitrogens with one attached hydrogen (secondary N) is 3. The van der Waals surface area contributed by atoms with E-state index in [1.807, 2.05) is 6.92 Å². The minimum Gasteiger partial charge on any atom is -0.347 e. The molecule has 0 bridgehead atoms. The van der Waals surface area contributed by atoms with Crippen LogP contribution in [0.2, 0.25) is 0 Å². The van der Waals surface area contributed by atoms with Crippen molar-refractivity contribution in [2.24, 2.45) is 0 Å². The smallest absolute Gasteiger partial charge is 0.243 e. The number of carbonyl (C=O) groups is 3. The van der Waals surface area contributed by atoms with Gasteiger partial charge in [0.1, 0.15) is 0 Å². The SMILES string of the molecule is CCCCC(=O)NCC(=O)Nc1cccc(NC(C)=O)c1. The molecule has 6 heteroatoms. The van der Waals surface area contributed by atoms with Gasteiger partial charge in [-0.25, -0.2) is 0 Å². The summed E-state index contributed by atoms with van der Waals surface area (Å²) in [5.41, 5.74) is 1.17. The molecule has 0 aromatic heterocycles. The molecule has 1 rings (SSSR count). The zero-order chi connectivity index (χ0) is 15.7. The van der Waals surface area contributed by atoms with Gasteiger partial charge in [-0.2, -0.15) is 0 Å². The molecule has 0 aliphatic rings. The van der Waals surface area contributed by atoms with Gasteiger partial charge in [0.25, 0.3) is 0 Å². The summed E-state index contributed by atoms with van der Waals surface area (Å²) in [5.74, 6) is -0.611. The molecule has 6 nitrogen and oxygen atoms in total. The summed E-state index contributed by atoms with van der Waals surface area (Å²) < 4.78 is 0. The molecule has 1 aromatic carbocycles. The van der Waals surface area contributed by atoms with E-state index in [9.17, 15) is 14.4 Å². The van der Waals surface area contributed by atoms with Crippen molar-refractivity contribution in [3.8, 4) is 0 Å². The summed E-state index contributed by atoms with van der Waals surface area (Å²) >= 11 is 0. The van der Waals surface area contributed by atoms with Gasteiger partial charge in [0.05, 0.1) is 6.54 Å². The van der Waals surface area contributed by atoms with Crippen LogP contribution >= 0.6 is 0 Å². The predicted molar refractivity (Wildman–Crippen MR) is 81.9 cm³/mol. The van der Waals surface area contributed by atoms with Crippen molar-refractivity contribution in [1.29, 1.82) is 0 Å². The van der Waals surface area contributed by atoms with Crippen molar-refractivity contribution in [3.63, 3.8) is 0 Å². The Labute approximate surface area is 124 Å². The van der Waals surface area contributed by atoms with Gasteiger partial charge in [0.2, 0.25) is 17.7 Å². The van der Waals surface area contributed by atoms with Crippen LogP contribution in [0.15, 0.2) is 24.3 Å². The number of hydrogen-bond donors (Lipinski definition) is 3. The summed E-state index contributed by atoms with van der Waals surface area (Å²) in [6, 6.07) is 6.81. The largest absolute Gasteiger partial charge is 0.347 e. The maximum Gasteiger partial charge on any atom is 0.243 e. The Morgan fingerprint density at radius 2 is 1.71 bits per heavy atom. The number of hydrogen-bond acceptors (Lipinski definition) is 3. The monoisotopic (exact) mass is 291 g/mol. The van der Waals surface area contributed by atoms with Crippen LogP contribution < -0.4 is 16.0 Å². The first-order valence-electron chi connectivity index (χ1n) is 6.95. The molecule has 114 valence electrons. The van der Waals surface area contributed by atoms with E-state index in [4.69, 9.17) is 0 Å². The highest BCUT2D eigenvalue weighted by molar-refractivity contribution is 5.95. The molecule has 0 atom stereocenters. The Kier molecular flexibility index (Phi) is 6.94. The molecule has 3 amide bonds. The van der Waals surface area contributed by atoms with Gasteiger partial charge in [-0.15, -0.1) is 0 Å². The van der Waals surface area contributed by atoms with Gasteiger partial charge in [-0.3, -0.25) is 14.4 Å². The van der Waals surface area contributed by atoms with Crippen molar-refractivity contribution < 1.29 is 14.4 Å². The van der Waals surface area contributed by atoms with Gasteiger partial charge in [0, 0.05) is 24.7 Å². The van der Waals surface area contributed by atoms with Gasteiger partial charge in [0.15, 0.2) is 0 Å². The summed E-state index contributed by atoms with van der Waals surface area (Å²) in [6.07, 6.45) is 2.18. The van der Waals surface area contributed by atoms with Crippen LogP contribution in [-0.2, 0) is 14.4 Å². The van der Waals surface area contributed by atoms with E-state index in [1.54, 1.807) is 24.3 Å². The average molecular weight is 291 g/mol. The lowest BCUT2D eigenvalue weighted by atomic mass is 10.2. The van der Waals surface area contributed by atoms with Gasteiger partial charge in [-0.05, 0) is 24.6 Å². The zero-order valence-electron chi connectivity index (χ0n) is 12.4. The van der Waals surface area contributed by atoms with Crippen LogP contribution in [0, 0.1) is 0 Å². The average Bonchev–Trinajstić information content (AvgIpc) is 2.42. The van der Waals surface area contributed by atoms with E-state index in [1.165, 1.54) is 6.92 Å². The molecule has 0 saturated carbocycles. The minimum absolute atomic E-state index is 0.0626. The van der Waals surface area contributed by atoms with Crippen LogP contribution in [0.1, 0.15) is 33.1 Å². The summed E-state index contributed by atoms with van der Waals surface area (Å²) in [4.78, 5) is 34.1. The second kappa shape index (κ2) is 8.73. The van der Waals surface area contributed by atoms with E-state index >= 15 is 0 Å². The fraction of sp³-hybridized carbons (Fsp3) is 0.400. The first-order chi connectivity index (χ1) is 10.0. The summed E-state index contributed by atoms with van der Waals surface area (Å²) in [7, 11) is 0. The predicted octanol–water partition coefficient (Wildman–Crippen LogP) is 1.89. The Morgan fingerprint density at radius 3 is 2.33 bits per heavy atom. The first kappa shape index (κ1) is 16.7. The molecular weight excluding hydrogens is 270 g/mol. The van der Waals surface area contributed by atoms with E-state index in [0.29, 0.717) is 17.8 Å². The highest BCUT2D eigenvalue weighted by Gasteiger charge is 2.06. The topological polar surface area (TPSA) is 87.3 Å². The van der Waals surface area contributed by atoms with Crippen molar-refractivity contribution in [2.45, 2.75) is 33.1 Å². The van der Waals surface area contributed by atoms with Crippen molar-refractivity contribution >= 4 is 29.1 Å². The molecule has 0 aliphatic carbocycles. The molecular formula is C15H21N3O3. The molecule has 0 heterocycles. The maximum absolute atomic E-state index is 11.7. The third-order valence-electron chi connectivity index (χ3n) is 2.67. The van der Waals surface area contributed by atoms with Crippen molar-refractivity contribution in [2.75, 3.05) is 17.2 Å². The molecule has 0 spiro atoms. The fourth-order valence-corrected chi connectivity index (χ4v) is 1.69. The number of amides is 3. The molecule has 0 radical (unpaired) electrons. The van der Waals surface area contributed by atoms with Crippen LogP contribution in [-0.4, -0.2) is 24.3 Å². The standard InChI is InChI=1S/C15H21N3O3/c1-3-4-8-14(20)16-10-15(21)18-13-7-5-6-12(9-13)17-11(2)19/h5-7,9H,3-4,8,10H2,1-2H3,(H,16,20)(H,17,19)(H,18,21). The number of rotatable bonds is 7. The van der Waals surface area contributed by atoms with Crippen LogP contribution in [0.25, 0.3) is 0 Å². The number of unbranched alkanes of at least 4 members (excludes halogenated alkanes) is 1. The van der Waals surface area contributed by atoms with Crippen molar-refractivity contribution in [3.05, 3.63) is 24.3 Å². The second-order valence-corrected chi connectivity index (χ2v) is 4.69. The van der Waals surface area contributed by atoms with E-state index in [-0.39, 0.29) is 24.3 Å². The Bertz CT molecular complexity index is 515. The van der Waals surface area contributed by atoms with Crippen LogP contribution in [0.3, 0.4) is 0 Å². The van der Waals surface area contributed by atoms with Gasteiger partial charge in [-0.1, -0.05) is 19.4 Å². The highest BCUT2D eigenvalue weighted by atomic mass is 16.2.